The summed E-state index contributed by atoms with van der Waals surface area (Å²) in [5.74, 6) is -1.82. The highest BCUT2D eigenvalue weighted by atomic mass is 16.5. The molecule has 3 heterocycles. The summed E-state index contributed by atoms with van der Waals surface area (Å²) in [6.07, 6.45) is 6.06. The van der Waals surface area contributed by atoms with Crippen molar-refractivity contribution in [1.82, 2.24) is 20.3 Å². The zero-order valence-corrected chi connectivity index (χ0v) is 25.1. The summed E-state index contributed by atoms with van der Waals surface area (Å²) in [4.78, 5) is 59.7. The first kappa shape index (κ1) is 30.4. The van der Waals surface area contributed by atoms with E-state index in [9.17, 15) is 19.2 Å². The van der Waals surface area contributed by atoms with Crippen molar-refractivity contribution in [1.29, 1.82) is 0 Å². The van der Waals surface area contributed by atoms with Crippen molar-refractivity contribution in [2.45, 2.75) is 79.0 Å². The molecular formula is C32H42N4O5. The number of carbonyl (C=O) groups excluding carboxylic acids is 4. The van der Waals surface area contributed by atoms with E-state index >= 15 is 0 Å². The number of hydrogen-bond acceptors (Lipinski definition) is 7. The molecule has 2 aliphatic rings. The number of Topliss-reactive ketones (excluding diaryl/α,β-unsaturated/α-hetero) is 1. The number of carbonyl (C=O) groups is 4. The number of amides is 2. The Morgan fingerprint density at radius 1 is 1.07 bits per heavy atom. The van der Waals surface area contributed by atoms with E-state index in [1.165, 1.54) is 9.91 Å². The van der Waals surface area contributed by atoms with Crippen LogP contribution in [0.5, 0.6) is 0 Å². The van der Waals surface area contributed by atoms with E-state index in [-0.39, 0.29) is 29.9 Å². The third-order valence-corrected chi connectivity index (χ3v) is 8.12. The summed E-state index contributed by atoms with van der Waals surface area (Å²) >= 11 is 0. The van der Waals surface area contributed by atoms with Crippen LogP contribution in [0, 0.1) is 17.3 Å². The number of aromatic nitrogens is 1. The molecule has 4 rings (SSSR count). The largest absolute Gasteiger partial charge is 0.457 e. The van der Waals surface area contributed by atoms with E-state index in [1.54, 1.807) is 20.2 Å². The topological polar surface area (TPSA) is 109 Å². The monoisotopic (exact) mass is 562 g/mol. The van der Waals surface area contributed by atoms with Crippen molar-refractivity contribution in [3.05, 3.63) is 47.8 Å². The number of nitrogens with one attached hydrogen (secondary N) is 1. The average molecular weight is 563 g/mol. The van der Waals surface area contributed by atoms with E-state index in [1.807, 2.05) is 71.0 Å². The van der Waals surface area contributed by atoms with Crippen molar-refractivity contribution >= 4 is 40.4 Å². The van der Waals surface area contributed by atoms with Gasteiger partial charge in [-0.2, -0.15) is 0 Å². The van der Waals surface area contributed by atoms with Gasteiger partial charge in [-0.1, -0.05) is 39.0 Å². The van der Waals surface area contributed by atoms with Gasteiger partial charge in [-0.05, 0) is 68.7 Å². The Bertz CT molecular complexity index is 1370. The molecule has 220 valence electrons. The highest BCUT2D eigenvalue weighted by Crippen LogP contribution is 2.28. The fourth-order valence-corrected chi connectivity index (χ4v) is 5.72. The highest BCUT2D eigenvalue weighted by Gasteiger charge is 2.38. The predicted molar refractivity (Wildman–Crippen MR) is 157 cm³/mol. The summed E-state index contributed by atoms with van der Waals surface area (Å²) in [6.45, 7) is 11.4. The lowest BCUT2D eigenvalue weighted by atomic mass is 9.87. The molecule has 0 saturated carbocycles. The minimum absolute atomic E-state index is 0.0145. The van der Waals surface area contributed by atoms with Gasteiger partial charge in [0.1, 0.15) is 12.1 Å². The quantitative estimate of drug-likeness (QED) is 0.511. The van der Waals surface area contributed by atoms with Crippen molar-refractivity contribution in [2.75, 3.05) is 13.6 Å². The van der Waals surface area contributed by atoms with Gasteiger partial charge in [0.2, 0.25) is 11.8 Å². The number of rotatable bonds is 1. The smallest absolute Gasteiger partial charge is 0.325 e. The lowest BCUT2D eigenvalue weighted by Crippen LogP contribution is -2.57. The normalized spacial score (nSPS) is 27.3. The second kappa shape index (κ2) is 12.1. The third-order valence-electron chi connectivity index (χ3n) is 8.12. The van der Waals surface area contributed by atoms with Gasteiger partial charge < -0.3 is 9.64 Å². The summed E-state index contributed by atoms with van der Waals surface area (Å²) in [7, 11) is 1.65. The lowest BCUT2D eigenvalue weighted by molar-refractivity contribution is -0.157. The van der Waals surface area contributed by atoms with Gasteiger partial charge in [0.05, 0.1) is 17.2 Å². The van der Waals surface area contributed by atoms with Crippen molar-refractivity contribution in [2.24, 2.45) is 17.3 Å². The second-order valence-corrected chi connectivity index (χ2v) is 12.3. The Balaban J connectivity index is 1.74. The number of esters is 1. The maximum Gasteiger partial charge on any atom is 0.325 e. The van der Waals surface area contributed by atoms with E-state index in [2.05, 4.69) is 10.4 Å². The van der Waals surface area contributed by atoms with Crippen LogP contribution in [-0.2, 0) is 23.9 Å². The van der Waals surface area contributed by atoms with Gasteiger partial charge in [0.25, 0.3) is 0 Å². The Morgan fingerprint density at radius 2 is 1.80 bits per heavy atom. The summed E-state index contributed by atoms with van der Waals surface area (Å²) in [5.41, 5.74) is 3.66. The Labute approximate surface area is 242 Å². The van der Waals surface area contributed by atoms with E-state index in [4.69, 9.17) is 4.74 Å². The average Bonchev–Trinajstić information content (AvgIpc) is 2.94. The first-order valence-corrected chi connectivity index (χ1v) is 14.5. The number of fused-ring (bicyclic) bond motifs is 4. The molecule has 0 spiro atoms. The molecule has 9 nitrogen and oxygen atoms in total. The standard InChI is InChI=1S/C32H42N4O5/c1-19(2)28-27(37)15-20(3)29(38)36-14-8-9-26(34-36)30(39)41-21(4)22-10-11-23-18-33-25(17-24(23)16-22)12-13-32(5,6)31(40)35(28)7/h10-13,16-21,26,28,34H,8-9,14-15H2,1-7H3/b13-12+/t20-,21-,26+,28+/m1/s1. The van der Waals surface area contributed by atoms with E-state index < -0.39 is 35.5 Å². The molecule has 1 fully saturated rings. The fourth-order valence-electron chi connectivity index (χ4n) is 5.72. The SMILES string of the molecule is CC(C)[C@H]1C(=O)C[C@@H](C)C(=O)N2CCC[C@H](N2)C(=O)O[C@H](C)c2ccc3cnc(cc3c2)/C=C/C(C)(C)C(=O)N1C. The molecule has 0 aliphatic carbocycles. The first-order valence-electron chi connectivity index (χ1n) is 14.5. The molecule has 5 bridgehead atoms. The number of cyclic esters (lactones) is 1. The second-order valence-electron chi connectivity index (χ2n) is 12.3. The molecule has 1 aromatic carbocycles. The molecule has 41 heavy (non-hydrogen) atoms. The van der Waals surface area contributed by atoms with Crippen LogP contribution < -0.4 is 5.43 Å². The molecule has 9 heteroatoms. The molecule has 1 aromatic heterocycles. The maximum absolute atomic E-state index is 13.7. The van der Waals surface area contributed by atoms with Gasteiger partial charge in [-0.3, -0.25) is 29.2 Å². The van der Waals surface area contributed by atoms with Crippen LogP contribution in [-0.4, -0.2) is 64.1 Å². The molecular weight excluding hydrogens is 520 g/mol. The zero-order valence-electron chi connectivity index (χ0n) is 25.1. The van der Waals surface area contributed by atoms with Gasteiger partial charge in [0, 0.05) is 37.5 Å². The zero-order chi connectivity index (χ0) is 30.1. The van der Waals surface area contributed by atoms with Crippen LogP contribution in [0.4, 0.5) is 0 Å². The fraction of sp³-hybridized carbons (Fsp3) is 0.531. The Kier molecular flexibility index (Phi) is 8.97. The number of pyridine rings is 1. The summed E-state index contributed by atoms with van der Waals surface area (Å²) < 4.78 is 5.82. The van der Waals surface area contributed by atoms with Gasteiger partial charge in [-0.15, -0.1) is 0 Å². The minimum atomic E-state index is -0.906. The molecule has 2 amide bonds. The number of ether oxygens (including phenoxy) is 1. The summed E-state index contributed by atoms with van der Waals surface area (Å²) in [6, 6.07) is 6.42. The lowest BCUT2D eigenvalue weighted by Gasteiger charge is -2.36. The van der Waals surface area contributed by atoms with Crippen LogP contribution in [0.15, 0.2) is 36.5 Å². The van der Waals surface area contributed by atoms with E-state index in [0.717, 1.165) is 16.3 Å². The molecule has 0 radical (unpaired) electrons. The number of likely N-dealkylation sites (N-methyl/N-ethyl adjacent to an activating group) is 1. The summed E-state index contributed by atoms with van der Waals surface area (Å²) in [5, 5.41) is 3.31. The maximum atomic E-state index is 13.7. The van der Waals surface area contributed by atoms with Gasteiger partial charge in [-0.25, -0.2) is 5.43 Å². The number of hydrogen-bond donors (Lipinski definition) is 1. The van der Waals surface area contributed by atoms with Gasteiger partial charge >= 0.3 is 5.97 Å². The van der Waals surface area contributed by atoms with Crippen LogP contribution in [0.2, 0.25) is 0 Å². The molecule has 1 N–H and O–H groups in total. The first-order chi connectivity index (χ1) is 19.3. The third kappa shape index (κ3) is 6.67. The Hall–Kier alpha value is -3.59. The van der Waals surface area contributed by atoms with Crippen LogP contribution >= 0.6 is 0 Å². The number of ketones is 1. The van der Waals surface area contributed by atoms with Gasteiger partial charge in [0.15, 0.2) is 5.78 Å². The molecule has 0 unspecified atom stereocenters. The molecule has 2 aliphatic heterocycles. The Morgan fingerprint density at radius 3 is 2.51 bits per heavy atom. The van der Waals surface area contributed by atoms with Crippen LogP contribution in [0.25, 0.3) is 16.8 Å². The van der Waals surface area contributed by atoms with Crippen molar-refractivity contribution < 1.29 is 23.9 Å². The van der Waals surface area contributed by atoms with E-state index in [0.29, 0.717) is 25.1 Å². The number of benzene rings is 1. The molecule has 1 saturated heterocycles. The minimum Gasteiger partial charge on any atom is -0.457 e. The predicted octanol–water partition coefficient (Wildman–Crippen LogP) is 4.47. The molecule has 4 atom stereocenters. The number of hydrazine groups is 1. The number of nitrogens with zero attached hydrogens (tertiary/aromatic N) is 3. The van der Waals surface area contributed by atoms with Crippen LogP contribution in [0.1, 0.15) is 78.2 Å². The van der Waals surface area contributed by atoms with Crippen LogP contribution in [0.3, 0.4) is 0 Å². The highest BCUT2D eigenvalue weighted by molar-refractivity contribution is 5.94. The van der Waals surface area contributed by atoms with Crippen molar-refractivity contribution in [3.8, 4) is 0 Å². The molecule has 2 aromatic rings. The van der Waals surface area contributed by atoms with Crippen molar-refractivity contribution in [3.63, 3.8) is 0 Å².